The second-order valence-corrected chi connectivity index (χ2v) is 2.92. The molecule has 3 rings (SSSR count). The number of rotatable bonds is 0. The average molecular weight is 187 g/mol. The average Bonchev–Trinajstić information content (AvgIpc) is 2.59. The maximum absolute atomic E-state index is 11.2. The number of nitrogens with zero attached hydrogens (tertiary/aromatic N) is 1. The molecule has 0 bridgehead atoms. The summed E-state index contributed by atoms with van der Waals surface area (Å²) in [5.41, 5.74) is 0.880. The van der Waals surface area contributed by atoms with Crippen molar-refractivity contribution in [2.75, 3.05) is 0 Å². The van der Waals surface area contributed by atoms with E-state index in [2.05, 4.69) is 9.40 Å². The van der Waals surface area contributed by atoms with Crippen molar-refractivity contribution in [3.63, 3.8) is 0 Å². The highest BCUT2D eigenvalue weighted by Gasteiger charge is 2.10. The second kappa shape index (κ2) is 2.45. The first-order chi connectivity index (χ1) is 6.86. The van der Waals surface area contributed by atoms with E-state index in [0.29, 0.717) is 11.1 Å². The second-order valence-electron chi connectivity index (χ2n) is 2.92. The molecule has 4 nitrogen and oxygen atoms in total. The topological polar surface area (TPSA) is 56.2 Å². The Morgan fingerprint density at radius 3 is 3.00 bits per heavy atom. The quantitative estimate of drug-likeness (QED) is 0.539. The Balaban J connectivity index is 2.70. The van der Waals surface area contributed by atoms with Gasteiger partial charge in [0.05, 0.1) is 0 Å². The zero-order valence-corrected chi connectivity index (χ0v) is 7.06. The molecule has 14 heavy (non-hydrogen) atoms. The Bertz CT molecular complexity index is 665. The molecule has 0 saturated carbocycles. The molecular formula is C10H5NO3. The van der Waals surface area contributed by atoms with Crippen molar-refractivity contribution < 1.29 is 8.83 Å². The van der Waals surface area contributed by atoms with Crippen LogP contribution in [0.2, 0.25) is 0 Å². The lowest BCUT2D eigenvalue weighted by Gasteiger charge is -1.84. The number of aromatic nitrogens is 1. The van der Waals surface area contributed by atoms with Gasteiger partial charge < -0.3 is 8.83 Å². The summed E-state index contributed by atoms with van der Waals surface area (Å²) in [5, 5.41) is 0.829. The predicted octanol–water partition coefficient (Wildman–Crippen LogP) is 1.93. The summed E-state index contributed by atoms with van der Waals surface area (Å²) in [6.07, 6.45) is 1.13. The van der Waals surface area contributed by atoms with E-state index in [1.165, 1.54) is 0 Å². The maximum atomic E-state index is 11.2. The van der Waals surface area contributed by atoms with E-state index in [1.807, 2.05) is 18.2 Å². The van der Waals surface area contributed by atoms with E-state index in [0.717, 1.165) is 11.8 Å². The molecule has 0 spiro atoms. The summed E-state index contributed by atoms with van der Waals surface area (Å²) in [7, 11) is 0. The van der Waals surface area contributed by atoms with Gasteiger partial charge in [0.25, 0.3) is 0 Å². The molecule has 0 radical (unpaired) electrons. The molecule has 0 aliphatic heterocycles. The van der Waals surface area contributed by atoms with Crippen molar-refractivity contribution in [1.29, 1.82) is 0 Å². The van der Waals surface area contributed by atoms with Crippen LogP contribution in [0.25, 0.3) is 22.1 Å². The standard InChI is InChI=1S/C10H5NO3/c12-10-9-8(11-5-13-10)6-3-1-2-4-7(6)14-9/h1-5H. The van der Waals surface area contributed by atoms with Crippen molar-refractivity contribution in [2.24, 2.45) is 0 Å². The number of furan rings is 1. The van der Waals surface area contributed by atoms with Crippen LogP contribution in [0.1, 0.15) is 0 Å². The van der Waals surface area contributed by atoms with Gasteiger partial charge in [0.2, 0.25) is 5.58 Å². The van der Waals surface area contributed by atoms with Gasteiger partial charge >= 0.3 is 5.63 Å². The van der Waals surface area contributed by atoms with E-state index in [-0.39, 0.29) is 5.58 Å². The Kier molecular flexibility index (Phi) is 1.28. The third kappa shape index (κ3) is 0.821. The van der Waals surface area contributed by atoms with E-state index < -0.39 is 5.63 Å². The molecule has 0 atom stereocenters. The molecule has 2 heterocycles. The van der Waals surface area contributed by atoms with Gasteiger partial charge in [0, 0.05) is 5.39 Å². The molecule has 68 valence electrons. The lowest BCUT2D eigenvalue weighted by Crippen LogP contribution is -1.96. The van der Waals surface area contributed by atoms with E-state index in [1.54, 1.807) is 6.07 Å². The normalized spacial score (nSPS) is 11.1. The largest absolute Gasteiger partial charge is 0.447 e. The molecule has 0 aliphatic carbocycles. The summed E-state index contributed by atoms with van der Waals surface area (Å²) in [6, 6.07) is 7.35. The molecule has 4 heteroatoms. The lowest BCUT2D eigenvalue weighted by atomic mass is 10.2. The molecule has 2 aromatic heterocycles. The zero-order valence-electron chi connectivity index (χ0n) is 7.06. The molecule has 0 N–H and O–H groups in total. The van der Waals surface area contributed by atoms with Crippen LogP contribution in [0.5, 0.6) is 0 Å². The Morgan fingerprint density at radius 1 is 1.21 bits per heavy atom. The van der Waals surface area contributed by atoms with Crippen molar-refractivity contribution in [1.82, 2.24) is 4.98 Å². The molecule has 0 unspecified atom stereocenters. The monoisotopic (exact) mass is 187 g/mol. The van der Waals surface area contributed by atoms with E-state index >= 15 is 0 Å². The molecule has 0 fully saturated rings. The Morgan fingerprint density at radius 2 is 2.07 bits per heavy atom. The summed E-state index contributed by atoms with van der Waals surface area (Å²) >= 11 is 0. The van der Waals surface area contributed by atoms with Crippen LogP contribution < -0.4 is 5.63 Å². The van der Waals surface area contributed by atoms with Gasteiger partial charge in [-0.3, -0.25) is 0 Å². The van der Waals surface area contributed by atoms with Gasteiger partial charge in [-0.05, 0) is 12.1 Å². The van der Waals surface area contributed by atoms with Crippen molar-refractivity contribution >= 4 is 22.1 Å². The summed E-state index contributed by atoms with van der Waals surface area (Å²) in [6.45, 7) is 0. The number of benzene rings is 1. The molecule has 1 aromatic carbocycles. The Hall–Kier alpha value is -2.10. The van der Waals surface area contributed by atoms with Gasteiger partial charge in [0.15, 0.2) is 6.39 Å². The van der Waals surface area contributed by atoms with Gasteiger partial charge in [-0.15, -0.1) is 0 Å². The zero-order chi connectivity index (χ0) is 9.54. The number of hydrogen-bond donors (Lipinski definition) is 0. The third-order valence-electron chi connectivity index (χ3n) is 2.10. The van der Waals surface area contributed by atoms with Crippen molar-refractivity contribution in [2.45, 2.75) is 0 Å². The SMILES string of the molecule is O=c1ocnc2c1oc1ccccc12. The summed E-state index contributed by atoms with van der Waals surface area (Å²) < 4.78 is 9.92. The first kappa shape index (κ1) is 7.32. The van der Waals surface area contributed by atoms with Crippen LogP contribution in [-0.2, 0) is 0 Å². The molecule has 3 aromatic rings. The highest BCUT2D eigenvalue weighted by molar-refractivity contribution is 6.01. The summed E-state index contributed by atoms with van der Waals surface area (Å²) in [4.78, 5) is 15.2. The number of fused-ring (bicyclic) bond motifs is 3. The maximum Gasteiger partial charge on any atom is 0.382 e. The van der Waals surface area contributed by atoms with Crippen molar-refractivity contribution in [3.05, 3.63) is 41.1 Å². The molecule has 0 saturated heterocycles. The van der Waals surface area contributed by atoms with Crippen LogP contribution in [0, 0.1) is 0 Å². The van der Waals surface area contributed by atoms with Gasteiger partial charge in [-0.2, -0.15) is 0 Å². The smallest absolute Gasteiger partial charge is 0.382 e. The number of para-hydroxylation sites is 1. The van der Waals surface area contributed by atoms with Gasteiger partial charge in [-0.25, -0.2) is 9.78 Å². The van der Waals surface area contributed by atoms with Crippen LogP contribution in [0.15, 0.2) is 44.3 Å². The molecule has 0 aliphatic rings. The molecule has 0 amide bonds. The fourth-order valence-electron chi connectivity index (χ4n) is 1.48. The van der Waals surface area contributed by atoms with Gasteiger partial charge in [-0.1, -0.05) is 12.1 Å². The minimum Gasteiger partial charge on any atom is -0.447 e. The first-order valence-corrected chi connectivity index (χ1v) is 4.11. The Labute approximate surface area is 77.8 Å². The van der Waals surface area contributed by atoms with Crippen LogP contribution in [0.4, 0.5) is 0 Å². The number of hydrogen-bond acceptors (Lipinski definition) is 4. The van der Waals surface area contributed by atoms with Gasteiger partial charge in [0.1, 0.15) is 11.1 Å². The first-order valence-electron chi connectivity index (χ1n) is 4.11. The van der Waals surface area contributed by atoms with Crippen LogP contribution in [0.3, 0.4) is 0 Å². The minimum atomic E-state index is -0.494. The molecular weight excluding hydrogens is 182 g/mol. The fraction of sp³-hybridized carbons (Fsp3) is 0. The predicted molar refractivity (Wildman–Crippen MR) is 50.1 cm³/mol. The van der Waals surface area contributed by atoms with E-state index in [4.69, 9.17) is 4.42 Å². The van der Waals surface area contributed by atoms with Crippen LogP contribution >= 0.6 is 0 Å². The highest BCUT2D eigenvalue weighted by Crippen LogP contribution is 2.23. The highest BCUT2D eigenvalue weighted by atomic mass is 16.4. The minimum absolute atomic E-state index is 0.175. The summed E-state index contributed by atoms with van der Waals surface area (Å²) in [5.74, 6) is 0. The lowest BCUT2D eigenvalue weighted by molar-refractivity contribution is 0.485. The fourth-order valence-corrected chi connectivity index (χ4v) is 1.48. The van der Waals surface area contributed by atoms with Crippen molar-refractivity contribution in [3.8, 4) is 0 Å². The van der Waals surface area contributed by atoms with E-state index in [9.17, 15) is 4.79 Å². The third-order valence-corrected chi connectivity index (χ3v) is 2.10. The van der Waals surface area contributed by atoms with Crippen LogP contribution in [-0.4, -0.2) is 4.98 Å².